The van der Waals surface area contributed by atoms with Crippen molar-refractivity contribution in [2.24, 2.45) is 5.92 Å². The summed E-state index contributed by atoms with van der Waals surface area (Å²) in [7, 11) is 0. The van der Waals surface area contributed by atoms with E-state index in [4.69, 9.17) is 4.74 Å². The highest BCUT2D eigenvalue weighted by molar-refractivity contribution is 4.74. The Morgan fingerprint density at radius 3 is 2.94 bits per heavy atom. The third kappa shape index (κ3) is 5.28. The Morgan fingerprint density at radius 2 is 2.25 bits per heavy atom. The molecule has 3 heteroatoms. The average Bonchev–Trinajstić information content (AvgIpc) is 2.27. The van der Waals surface area contributed by atoms with Crippen molar-refractivity contribution in [2.45, 2.75) is 45.6 Å². The van der Waals surface area contributed by atoms with E-state index in [0.29, 0.717) is 13.2 Å². The van der Waals surface area contributed by atoms with Crippen LogP contribution in [0.1, 0.15) is 39.5 Å². The molecule has 0 amide bonds. The van der Waals surface area contributed by atoms with Gasteiger partial charge in [0.1, 0.15) is 0 Å². The first-order chi connectivity index (χ1) is 7.76. The van der Waals surface area contributed by atoms with E-state index in [9.17, 15) is 5.11 Å². The van der Waals surface area contributed by atoms with Gasteiger partial charge in [-0.25, -0.2) is 0 Å². The first-order valence-corrected chi connectivity index (χ1v) is 6.74. The van der Waals surface area contributed by atoms with E-state index in [1.807, 2.05) is 6.92 Å². The molecule has 1 saturated heterocycles. The number of aliphatic hydroxyl groups excluding tert-OH is 1. The lowest BCUT2D eigenvalue weighted by atomic mass is 9.93. The van der Waals surface area contributed by atoms with Crippen LogP contribution in [0.5, 0.6) is 0 Å². The fourth-order valence-electron chi connectivity index (χ4n) is 2.57. The SMILES string of the molecule is CCC[C@H]1CCCN(C[C@H](O)COCC)C1. The zero-order chi connectivity index (χ0) is 11.8. The van der Waals surface area contributed by atoms with Gasteiger partial charge in [-0.15, -0.1) is 0 Å². The van der Waals surface area contributed by atoms with Crippen LogP contribution in [-0.2, 0) is 4.74 Å². The van der Waals surface area contributed by atoms with Gasteiger partial charge in [0.05, 0.1) is 12.7 Å². The summed E-state index contributed by atoms with van der Waals surface area (Å²) in [5.74, 6) is 0.845. The molecule has 0 spiro atoms. The van der Waals surface area contributed by atoms with Crippen molar-refractivity contribution in [3.8, 4) is 0 Å². The number of aliphatic hydroxyl groups is 1. The maximum absolute atomic E-state index is 9.78. The largest absolute Gasteiger partial charge is 0.389 e. The van der Waals surface area contributed by atoms with Gasteiger partial charge in [-0.05, 0) is 38.6 Å². The molecular formula is C13H27NO2. The van der Waals surface area contributed by atoms with Crippen LogP contribution >= 0.6 is 0 Å². The second kappa shape index (κ2) is 8.04. The Labute approximate surface area is 99.8 Å². The lowest BCUT2D eigenvalue weighted by Crippen LogP contribution is -2.41. The van der Waals surface area contributed by atoms with Crippen molar-refractivity contribution < 1.29 is 9.84 Å². The number of likely N-dealkylation sites (tertiary alicyclic amines) is 1. The van der Waals surface area contributed by atoms with Crippen LogP contribution in [0.2, 0.25) is 0 Å². The molecule has 0 aromatic heterocycles. The van der Waals surface area contributed by atoms with E-state index in [1.54, 1.807) is 0 Å². The molecule has 16 heavy (non-hydrogen) atoms. The highest BCUT2D eigenvalue weighted by Gasteiger charge is 2.20. The molecule has 0 aromatic carbocycles. The molecule has 0 saturated carbocycles. The van der Waals surface area contributed by atoms with E-state index >= 15 is 0 Å². The van der Waals surface area contributed by atoms with Crippen LogP contribution in [0, 0.1) is 5.92 Å². The van der Waals surface area contributed by atoms with Crippen molar-refractivity contribution in [1.82, 2.24) is 4.90 Å². The Hall–Kier alpha value is -0.120. The molecule has 0 radical (unpaired) electrons. The van der Waals surface area contributed by atoms with E-state index in [1.165, 1.54) is 25.7 Å². The van der Waals surface area contributed by atoms with E-state index in [0.717, 1.165) is 25.6 Å². The summed E-state index contributed by atoms with van der Waals surface area (Å²) in [6.45, 7) is 8.47. The Balaban J connectivity index is 2.20. The average molecular weight is 229 g/mol. The van der Waals surface area contributed by atoms with Crippen LogP contribution in [0.15, 0.2) is 0 Å². The number of hydrogen-bond acceptors (Lipinski definition) is 3. The molecule has 1 heterocycles. The minimum absolute atomic E-state index is 0.319. The van der Waals surface area contributed by atoms with E-state index < -0.39 is 0 Å². The molecule has 0 aromatic rings. The number of nitrogens with zero attached hydrogens (tertiary/aromatic N) is 1. The molecule has 2 atom stereocenters. The van der Waals surface area contributed by atoms with Crippen LogP contribution < -0.4 is 0 Å². The monoisotopic (exact) mass is 229 g/mol. The molecule has 1 aliphatic heterocycles. The lowest BCUT2D eigenvalue weighted by molar-refractivity contribution is 0.0125. The molecule has 3 nitrogen and oxygen atoms in total. The first-order valence-electron chi connectivity index (χ1n) is 6.74. The van der Waals surface area contributed by atoms with Crippen molar-refractivity contribution >= 4 is 0 Å². The summed E-state index contributed by atoms with van der Waals surface area (Å²) in [6.07, 6.45) is 4.94. The van der Waals surface area contributed by atoms with Crippen molar-refractivity contribution in [2.75, 3.05) is 32.8 Å². The highest BCUT2D eigenvalue weighted by atomic mass is 16.5. The van der Waals surface area contributed by atoms with Crippen LogP contribution in [0.3, 0.4) is 0 Å². The summed E-state index contributed by atoms with van der Waals surface area (Å²) < 4.78 is 5.23. The van der Waals surface area contributed by atoms with Gasteiger partial charge >= 0.3 is 0 Å². The van der Waals surface area contributed by atoms with Crippen molar-refractivity contribution in [1.29, 1.82) is 0 Å². The van der Waals surface area contributed by atoms with Gasteiger partial charge in [-0.3, -0.25) is 0 Å². The predicted octanol–water partition coefficient (Wildman–Crippen LogP) is 1.90. The highest BCUT2D eigenvalue weighted by Crippen LogP contribution is 2.20. The van der Waals surface area contributed by atoms with Crippen LogP contribution in [-0.4, -0.2) is 49.0 Å². The molecule has 0 unspecified atom stereocenters. The summed E-state index contributed by atoms with van der Waals surface area (Å²) in [6, 6.07) is 0. The maximum atomic E-state index is 9.78. The summed E-state index contributed by atoms with van der Waals surface area (Å²) in [4.78, 5) is 2.40. The third-order valence-corrected chi connectivity index (χ3v) is 3.28. The molecule has 0 bridgehead atoms. The van der Waals surface area contributed by atoms with Crippen molar-refractivity contribution in [3.63, 3.8) is 0 Å². The molecule has 1 rings (SSSR count). The predicted molar refractivity (Wildman–Crippen MR) is 66.6 cm³/mol. The van der Waals surface area contributed by atoms with Gasteiger partial charge in [0.2, 0.25) is 0 Å². The zero-order valence-corrected chi connectivity index (χ0v) is 10.8. The van der Waals surface area contributed by atoms with Gasteiger partial charge in [0, 0.05) is 19.7 Å². The zero-order valence-electron chi connectivity index (χ0n) is 10.8. The summed E-state index contributed by atoms with van der Waals surface area (Å²) >= 11 is 0. The number of piperidine rings is 1. The quantitative estimate of drug-likeness (QED) is 0.723. The molecule has 96 valence electrons. The number of hydrogen-bond donors (Lipinski definition) is 1. The maximum Gasteiger partial charge on any atom is 0.0900 e. The number of β-amino-alcohol motifs (C(OH)–C–C–N with tert-alkyl or cyclic N) is 1. The molecule has 1 N–H and O–H groups in total. The Morgan fingerprint density at radius 1 is 1.44 bits per heavy atom. The second-order valence-corrected chi connectivity index (χ2v) is 4.87. The Bertz CT molecular complexity index is 173. The summed E-state index contributed by atoms with van der Waals surface area (Å²) in [5, 5.41) is 9.78. The van der Waals surface area contributed by atoms with Gasteiger partial charge in [0.25, 0.3) is 0 Å². The van der Waals surface area contributed by atoms with Gasteiger partial charge in [0.15, 0.2) is 0 Å². The Kier molecular flexibility index (Phi) is 7.01. The number of ether oxygens (including phenoxy) is 1. The topological polar surface area (TPSA) is 32.7 Å². The van der Waals surface area contributed by atoms with Gasteiger partial charge < -0.3 is 14.7 Å². The second-order valence-electron chi connectivity index (χ2n) is 4.87. The van der Waals surface area contributed by atoms with E-state index in [-0.39, 0.29) is 6.10 Å². The minimum atomic E-state index is -0.319. The van der Waals surface area contributed by atoms with Crippen molar-refractivity contribution in [3.05, 3.63) is 0 Å². The standard InChI is InChI=1S/C13H27NO2/c1-3-6-12-7-5-8-14(9-12)10-13(15)11-16-4-2/h12-13,15H,3-11H2,1-2H3/t12-,13-/m0/s1. The normalized spacial score (nSPS) is 24.6. The van der Waals surface area contributed by atoms with Gasteiger partial charge in [-0.2, -0.15) is 0 Å². The first kappa shape index (κ1) is 13.9. The smallest absolute Gasteiger partial charge is 0.0900 e. The van der Waals surface area contributed by atoms with E-state index in [2.05, 4.69) is 11.8 Å². The minimum Gasteiger partial charge on any atom is -0.389 e. The van der Waals surface area contributed by atoms with Crippen LogP contribution in [0.25, 0.3) is 0 Å². The lowest BCUT2D eigenvalue weighted by Gasteiger charge is -2.33. The molecule has 1 aliphatic rings. The fourth-order valence-corrected chi connectivity index (χ4v) is 2.57. The summed E-state index contributed by atoms with van der Waals surface area (Å²) in [5.41, 5.74) is 0. The molecule has 1 fully saturated rings. The number of rotatable bonds is 7. The van der Waals surface area contributed by atoms with Gasteiger partial charge in [-0.1, -0.05) is 13.3 Å². The third-order valence-electron chi connectivity index (χ3n) is 3.28. The fraction of sp³-hybridized carbons (Fsp3) is 1.00. The van der Waals surface area contributed by atoms with Crippen LogP contribution in [0.4, 0.5) is 0 Å². The molecular weight excluding hydrogens is 202 g/mol. The molecule has 0 aliphatic carbocycles.